The van der Waals surface area contributed by atoms with E-state index in [0.29, 0.717) is 0 Å². The van der Waals surface area contributed by atoms with Gasteiger partial charge in [0.25, 0.3) is 0 Å². The SMILES string of the molecule is O=C(Cc1ccccc1F)CS(=O)(=O)c1ccccc1Cl. The van der Waals surface area contributed by atoms with Crippen molar-refractivity contribution in [3.63, 3.8) is 0 Å². The van der Waals surface area contributed by atoms with E-state index in [1.165, 1.54) is 36.4 Å². The maximum Gasteiger partial charge on any atom is 0.186 e. The first-order valence-electron chi connectivity index (χ1n) is 6.12. The molecular formula is C15H12ClFO3S. The van der Waals surface area contributed by atoms with E-state index in [1.54, 1.807) is 12.1 Å². The summed E-state index contributed by atoms with van der Waals surface area (Å²) in [4.78, 5) is 11.8. The Balaban J connectivity index is 2.16. The molecule has 0 heterocycles. The Hall–Kier alpha value is -1.72. The Morgan fingerprint density at radius 2 is 1.67 bits per heavy atom. The van der Waals surface area contributed by atoms with Crippen molar-refractivity contribution in [3.05, 3.63) is 64.9 Å². The topological polar surface area (TPSA) is 51.2 Å². The second kappa shape index (κ2) is 6.37. The van der Waals surface area contributed by atoms with Gasteiger partial charge in [0.2, 0.25) is 0 Å². The molecule has 3 nitrogen and oxygen atoms in total. The molecule has 0 unspecified atom stereocenters. The average molecular weight is 327 g/mol. The summed E-state index contributed by atoms with van der Waals surface area (Å²) in [5.41, 5.74) is 0.178. The lowest BCUT2D eigenvalue weighted by Crippen LogP contribution is -2.18. The Labute approximate surface area is 127 Å². The second-order valence-corrected chi connectivity index (χ2v) is 6.86. The predicted molar refractivity (Wildman–Crippen MR) is 78.6 cm³/mol. The lowest BCUT2D eigenvalue weighted by molar-refractivity contribution is -0.116. The van der Waals surface area contributed by atoms with Gasteiger partial charge in [-0.05, 0) is 23.8 Å². The smallest absolute Gasteiger partial charge is 0.186 e. The molecule has 2 aromatic carbocycles. The fourth-order valence-corrected chi connectivity index (χ4v) is 3.71. The van der Waals surface area contributed by atoms with Crippen LogP contribution in [0.4, 0.5) is 4.39 Å². The van der Waals surface area contributed by atoms with Crippen molar-refractivity contribution in [1.82, 2.24) is 0 Å². The third-order valence-corrected chi connectivity index (χ3v) is 5.04. The maximum atomic E-state index is 13.4. The van der Waals surface area contributed by atoms with Crippen LogP contribution in [-0.2, 0) is 21.1 Å². The summed E-state index contributed by atoms with van der Waals surface area (Å²) < 4.78 is 37.7. The number of hydrogen-bond acceptors (Lipinski definition) is 3. The summed E-state index contributed by atoms with van der Waals surface area (Å²) in [5, 5.41) is 0.0659. The highest BCUT2D eigenvalue weighted by atomic mass is 35.5. The molecule has 6 heteroatoms. The monoisotopic (exact) mass is 326 g/mol. The molecule has 0 atom stereocenters. The number of sulfone groups is 1. The predicted octanol–water partition coefficient (Wildman–Crippen LogP) is 3.06. The zero-order valence-electron chi connectivity index (χ0n) is 10.9. The fraction of sp³-hybridized carbons (Fsp3) is 0.133. The summed E-state index contributed by atoms with van der Waals surface area (Å²) in [6.07, 6.45) is -0.268. The number of carbonyl (C=O) groups excluding carboxylic acids is 1. The normalized spacial score (nSPS) is 11.3. The highest BCUT2D eigenvalue weighted by molar-refractivity contribution is 7.92. The standard InChI is InChI=1S/C15H12ClFO3S/c16-13-6-2-4-8-15(13)21(19,20)10-12(18)9-11-5-1-3-7-14(11)17/h1-8H,9-10H2. The van der Waals surface area contributed by atoms with Crippen molar-refractivity contribution in [3.8, 4) is 0 Å². The van der Waals surface area contributed by atoms with Crippen LogP contribution in [0.25, 0.3) is 0 Å². The number of rotatable bonds is 5. The van der Waals surface area contributed by atoms with Crippen LogP contribution >= 0.6 is 11.6 Å². The number of ketones is 1. The molecule has 2 rings (SSSR count). The molecule has 0 aliphatic rings. The minimum Gasteiger partial charge on any atom is -0.298 e. The quantitative estimate of drug-likeness (QED) is 0.848. The molecule has 0 bridgehead atoms. The van der Waals surface area contributed by atoms with Crippen LogP contribution in [0.5, 0.6) is 0 Å². The number of hydrogen-bond donors (Lipinski definition) is 0. The maximum absolute atomic E-state index is 13.4. The molecule has 110 valence electrons. The minimum absolute atomic E-state index is 0.0659. The van der Waals surface area contributed by atoms with Gasteiger partial charge in [0.05, 0.1) is 9.92 Å². The molecule has 0 amide bonds. The molecule has 0 radical (unpaired) electrons. The highest BCUT2D eigenvalue weighted by Gasteiger charge is 2.22. The van der Waals surface area contributed by atoms with Gasteiger partial charge in [0.15, 0.2) is 15.6 Å². The Kier molecular flexibility index (Phi) is 4.75. The van der Waals surface area contributed by atoms with E-state index in [4.69, 9.17) is 11.6 Å². The first-order valence-corrected chi connectivity index (χ1v) is 8.15. The van der Waals surface area contributed by atoms with Crippen LogP contribution in [0, 0.1) is 5.82 Å². The summed E-state index contributed by atoms with van der Waals surface area (Å²) in [6.45, 7) is 0. The minimum atomic E-state index is -3.83. The van der Waals surface area contributed by atoms with Gasteiger partial charge in [-0.15, -0.1) is 0 Å². The molecule has 21 heavy (non-hydrogen) atoms. The lowest BCUT2D eigenvalue weighted by Gasteiger charge is -2.06. The molecule has 0 saturated heterocycles. The summed E-state index contributed by atoms with van der Waals surface area (Å²) >= 11 is 5.83. The third kappa shape index (κ3) is 3.89. The van der Waals surface area contributed by atoms with Crippen LogP contribution < -0.4 is 0 Å². The van der Waals surface area contributed by atoms with Crippen molar-refractivity contribution in [2.45, 2.75) is 11.3 Å². The number of carbonyl (C=O) groups is 1. The van der Waals surface area contributed by atoms with Crippen LogP contribution in [-0.4, -0.2) is 20.0 Å². The number of halogens is 2. The largest absolute Gasteiger partial charge is 0.298 e. The first-order chi connectivity index (χ1) is 9.90. The molecule has 0 spiro atoms. The van der Waals surface area contributed by atoms with Gasteiger partial charge in [0, 0.05) is 6.42 Å². The molecule has 0 N–H and O–H groups in total. The van der Waals surface area contributed by atoms with Gasteiger partial charge < -0.3 is 0 Å². The molecule has 0 aliphatic heterocycles. The third-order valence-electron chi connectivity index (χ3n) is 2.87. The van der Waals surface area contributed by atoms with E-state index >= 15 is 0 Å². The number of benzene rings is 2. The summed E-state index contributed by atoms with van der Waals surface area (Å²) in [6, 6.07) is 11.7. The van der Waals surface area contributed by atoms with Gasteiger partial charge >= 0.3 is 0 Å². The summed E-state index contributed by atoms with van der Waals surface area (Å²) in [7, 11) is -3.83. The van der Waals surface area contributed by atoms with Gasteiger partial charge in [-0.1, -0.05) is 41.9 Å². The molecular weight excluding hydrogens is 315 g/mol. The summed E-state index contributed by atoms with van der Waals surface area (Å²) in [5.74, 6) is -1.81. The average Bonchev–Trinajstić information content (AvgIpc) is 2.41. The molecule has 0 saturated carbocycles. The van der Waals surface area contributed by atoms with Gasteiger partial charge in [-0.25, -0.2) is 12.8 Å². The first kappa shape index (κ1) is 15.7. The highest BCUT2D eigenvalue weighted by Crippen LogP contribution is 2.22. The molecule has 2 aromatic rings. The Morgan fingerprint density at radius 3 is 2.33 bits per heavy atom. The van der Waals surface area contributed by atoms with Crippen LogP contribution in [0.2, 0.25) is 5.02 Å². The van der Waals surface area contributed by atoms with E-state index < -0.39 is 27.2 Å². The fourth-order valence-electron chi connectivity index (χ4n) is 1.89. The molecule has 0 aliphatic carbocycles. The van der Waals surface area contributed by atoms with Crippen molar-refractivity contribution in [1.29, 1.82) is 0 Å². The zero-order chi connectivity index (χ0) is 15.5. The van der Waals surface area contributed by atoms with Crippen molar-refractivity contribution < 1.29 is 17.6 Å². The molecule has 0 aromatic heterocycles. The van der Waals surface area contributed by atoms with Crippen molar-refractivity contribution in [2.24, 2.45) is 0 Å². The van der Waals surface area contributed by atoms with Crippen LogP contribution in [0.3, 0.4) is 0 Å². The Bertz CT molecular complexity index is 772. The zero-order valence-corrected chi connectivity index (χ0v) is 12.5. The van der Waals surface area contributed by atoms with Crippen molar-refractivity contribution >= 4 is 27.2 Å². The van der Waals surface area contributed by atoms with E-state index in [-0.39, 0.29) is 21.9 Å². The van der Waals surface area contributed by atoms with E-state index in [2.05, 4.69) is 0 Å². The van der Waals surface area contributed by atoms with Crippen LogP contribution in [0.1, 0.15) is 5.56 Å². The van der Waals surface area contributed by atoms with Gasteiger partial charge in [-0.3, -0.25) is 4.79 Å². The Morgan fingerprint density at radius 1 is 1.05 bits per heavy atom. The van der Waals surface area contributed by atoms with Crippen LogP contribution in [0.15, 0.2) is 53.4 Å². The number of Topliss-reactive ketones (excluding diaryl/α,β-unsaturated/α-hetero) is 1. The van der Waals surface area contributed by atoms with Crippen molar-refractivity contribution in [2.75, 3.05) is 5.75 Å². The van der Waals surface area contributed by atoms with Gasteiger partial charge in [-0.2, -0.15) is 0 Å². The lowest BCUT2D eigenvalue weighted by atomic mass is 10.1. The van der Waals surface area contributed by atoms with Gasteiger partial charge in [0.1, 0.15) is 11.6 Å². The molecule has 0 fully saturated rings. The van der Waals surface area contributed by atoms with E-state index in [0.717, 1.165) is 0 Å². The van der Waals surface area contributed by atoms with E-state index in [9.17, 15) is 17.6 Å². The second-order valence-electron chi connectivity index (χ2n) is 4.50. The van der Waals surface area contributed by atoms with E-state index in [1.807, 2.05) is 0 Å².